The lowest BCUT2D eigenvalue weighted by Crippen LogP contribution is -2.48. The molecule has 1 amide bonds. The summed E-state index contributed by atoms with van der Waals surface area (Å²) in [5.41, 5.74) is 7.52. The predicted octanol–water partition coefficient (Wildman–Crippen LogP) is 1.93. The number of pyridine rings is 1. The number of halogens is 1. The summed E-state index contributed by atoms with van der Waals surface area (Å²) in [6.45, 7) is 6.64. The molecule has 1 aliphatic rings. The molecule has 0 atom stereocenters. The first-order chi connectivity index (χ1) is 9.47. The number of aromatic nitrogens is 1. The number of nitrogens with two attached hydrogens (primary N) is 1. The third-order valence-electron chi connectivity index (χ3n) is 3.16. The van der Waals surface area contributed by atoms with Gasteiger partial charge in [0, 0.05) is 38.5 Å². The highest BCUT2D eigenvalue weighted by atomic mass is 35.5. The van der Waals surface area contributed by atoms with E-state index in [-0.39, 0.29) is 5.91 Å². The molecule has 0 spiro atoms. The average molecular weight is 295 g/mol. The number of carbonyl (C=O) groups excluding carboxylic acids is 1. The third-order valence-corrected chi connectivity index (χ3v) is 3.37. The number of rotatable bonds is 2. The summed E-state index contributed by atoms with van der Waals surface area (Å²) < 4.78 is 0. The molecule has 1 aromatic heterocycles. The quantitative estimate of drug-likeness (QED) is 0.847. The number of nitrogen functional groups attached to an aromatic ring is 1. The Bertz CT molecular complexity index is 532. The van der Waals surface area contributed by atoms with E-state index in [1.807, 2.05) is 18.7 Å². The zero-order valence-electron chi connectivity index (χ0n) is 11.8. The van der Waals surface area contributed by atoms with Gasteiger partial charge in [-0.1, -0.05) is 17.2 Å². The fourth-order valence-corrected chi connectivity index (χ4v) is 2.36. The fraction of sp³-hybridized carbons (Fsp3) is 0.429. The van der Waals surface area contributed by atoms with E-state index in [0.717, 1.165) is 24.5 Å². The molecule has 1 saturated heterocycles. The molecule has 6 heteroatoms. The summed E-state index contributed by atoms with van der Waals surface area (Å²) in [4.78, 5) is 20.1. The normalized spacial score (nSPS) is 15.2. The Labute approximate surface area is 124 Å². The summed E-state index contributed by atoms with van der Waals surface area (Å²) in [6.07, 6.45) is 3.26. The van der Waals surface area contributed by atoms with Crippen molar-refractivity contribution < 1.29 is 4.79 Å². The van der Waals surface area contributed by atoms with E-state index in [1.54, 1.807) is 18.3 Å². The first-order valence-electron chi connectivity index (χ1n) is 6.57. The number of hydrogen-bond donors (Lipinski definition) is 1. The van der Waals surface area contributed by atoms with Gasteiger partial charge < -0.3 is 15.5 Å². The van der Waals surface area contributed by atoms with Crippen LogP contribution in [0.5, 0.6) is 0 Å². The second kappa shape index (κ2) is 6.13. The van der Waals surface area contributed by atoms with Gasteiger partial charge in [0.1, 0.15) is 0 Å². The molecular formula is C14H19ClN4O. The highest BCUT2D eigenvalue weighted by Crippen LogP contribution is 2.24. The van der Waals surface area contributed by atoms with Crippen molar-refractivity contribution in [1.29, 1.82) is 0 Å². The van der Waals surface area contributed by atoms with Crippen molar-refractivity contribution in [2.75, 3.05) is 36.8 Å². The van der Waals surface area contributed by atoms with Crippen molar-refractivity contribution in [3.8, 4) is 0 Å². The second-order valence-electron chi connectivity index (χ2n) is 5.10. The molecule has 108 valence electrons. The van der Waals surface area contributed by atoms with E-state index < -0.39 is 0 Å². The van der Waals surface area contributed by atoms with Crippen molar-refractivity contribution in [2.24, 2.45) is 0 Å². The minimum Gasteiger partial charge on any atom is -0.396 e. The zero-order valence-corrected chi connectivity index (χ0v) is 12.5. The van der Waals surface area contributed by atoms with E-state index in [0.29, 0.717) is 23.8 Å². The van der Waals surface area contributed by atoms with Gasteiger partial charge in [-0.05, 0) is 19.9 Å². The number of anilines is 2. The molecule has 2 rings (SSSR count). The Morgan fingerprint density at radius 1 is 1.35 bits per heavy atom. The highest BCUT2D eigenvalue weighted by molar-refractivity contribution is 6.30. The van der Waals surface area contributed by atoms with Crippen LogP contribution < -0.4 is 10.6 Å². The number of nitrogens with zero attached hydrogens (tertiary/aromatic N) is 3. The maximum atomic E-state index is 11.9. The topological polar surface area (TPSA) is 62.5 Å². The van der Waals surface area contributed by atoms with Gasteiger partial charge in [0.25, 0.3) is 0 Å². The summed E-state index contributed by atoms with van der Waals surface area (Å²) in [5, 5.41) is 0.531. The number of carbonyl (C=O) groups is 1. The molecular weight excluding hydrogens is 276 g/mol. The smallest absolute Gasteiger partial charge is 0.246 e. The molecule has 2 N–H and O–H groups in total. The first-order valence-corrected chi connectivity index (χ1v) is 6.95. The molecule has 0 bridgehead atoms. The minimum absolute atomic E-state index is 0.0710. The molecule has 1 aliphatic heterocycles. The van der Waals surface area contributed by atoms with E-state index in [4.69, 9.17) is 17.3 Å². The van der Waals surface area contributed by atoms with Gasteiger partial charge in [0.05, 0.1) is 10.7 Å². The molecule has 1 fully saturated rings. The van der Waals surface area contributed by atoms with Crippen LogP contribution in [0.4, 0.5) is 11.5 Å². The molecule has 5 nitrogen and oxygen atoms in total. The molecule has 0 radical (unpaired) electrons. The SMILES string of the molecule is CC(C)=CC(=O)N1CCN(c2ncc(Cl)cc2N)CC1. The van der Waals surface area contributed by atoms with Crippen LogP contribution in [0.2, 0.25) is 5.02 Å². The third kappa shape index (κ3) is 3.42. The van der Waals surface area contributed by atoms with Crippen LogP contribution in [0.3, 0.4) is 0 Å². The molecule has 0 unspecified atom stereocenters. The van der Waals surface area contributed by atoms with Gasteiger partial charge in [-0.2, -0.15) is 0 Å². The van der Waals surface area contributed by atoms with Crippen LogP contribution in [0.25, 0.3) is 0 Å². The Hall–Kier alpha value is -1.75. The summed E-state index contributed by atoms with van der Waals surface area (Å²) in [5.74, 6) is 0.811. The van der Waals surface area contributed by atoms with Gasteiger partial charge >= 0.3 is 0 Å². The van der Waals surface area contributed by atoms with Crippen molar-refractivity contribution in [3.05, 3.63) is 28.9 Å². The standard InChI is InChI=1S/C14H19ClN4O/c1-10(2)7-13(20)18-3-5-19(6-4-18)14-12(16)8-11(15)9-17-14/h7-9H,3-6,16H2,1-2H3. The van der Waals surface area contributed by atoms with E-state index >= 15 is 0 Å². The van der Waals surface area contributed by atoms with Crippen LogP contribution in [0.15, 0.2) is 23.9 Å². The monoisotopic (exact) mass is 294 g/mol. The van der Waals surface area contributed by atoms with Gasteiger partial charge in [-0.3, -0.25) is 4.79 Å². The average Bonchev–Trinajstić information content (AvgIpc) is 2.38. The Kier molecular flexibility index (Phi) is 4.49. The molecule has 20 heavy (non-hydrogen) atoms. The van der Waals surface area contributed by atoms with Crippen molar-refractivity contribution >= 4 is 29.0 Å². The molecule has 1 aromatic rings. The Balaban J connectivity index is 2.01. The van der Waals surface area contributed by atoms with E-state index in [1.165, 1.54) is 0 Å². The lowest BCUT2D eigenvalue weighted by Gasteiger charge is -2.35. The minimum atomic E-state index is 0.0710. The van der Waals surface area contributed by atoms with Gasteiger partial charge in [0.2, 0.25) is 5.91 Å². The summed E-state index contributed by atoms with van der Waals surface area (Å²) >= 11 is 5.85. The van der Waals surface area contributed by atoms with Gasteiger partial charge in [-0.15, -0.1) is 0 Å². The number of hydrogen-bond acceptors (Lipinski definition) is 4. The van der Waals surface area contributed by atoms with Crippen LogP contribution in [-0.4, -0.2) is 42.0 Å². The number of allylic oxidation sites excluding steroid dienone is 1. The van der Waals surface area contributed by atoms with Crippen molar-refractivity contribution in [2.45, 2.75) is 13.8 Å². The largest absolute Gasteiger partial charge is 0.396 e. The maximum absolute atomic E-state index is 11.9. The second-order valence-corrected chi connectivity index (χ2v) is 5.54. The van der Waals surface area contributed by atoms with E-state index in [9.17, 15) is 4.79 Å². The lowest BCUT2D eigenvalue weighted by molar-refractivity contribution is -0.126. The Morgan fingerprint density at radius 3 is 2.55 bits per heavy atom. The van der Waals surface area contributed by atoms with Gasteiger partial charge in [0.15, 0.2) is 5.82 Å². The fourth-order valence-electron chi connectivity index (χ4n) is 2.19. The maximum Gasteiger partial charge on any atom is 0.246 e. The Morgan fingerprint density at radius 2 is 2.00 bits per heavy atom. The molecule has 2 heterocycles. The zero-order chi connectivity index (χ0) is 14.7. The van der Waals surface area contributed by atoms with Crippen molar-refractivity contribution in [1.82, 2.24) is 9.88 Å². The van der Waals surface area contributed by atoms with Crippen LogP contribution >= 0.6 is 11.6 Å². The highest BCUT2D eigenvalue weighted by Gasteiger charge is 2.21. The summed E-state index contributed by atoms with van der Waals surface area (Å²) in [6, 6.07) is 1.70. The molecule has 0 aliphatic carbocycles. The first kappa shape index (κ1) is 14.7. The molecule has 0 aromatic carbocycles. The van der Waals surface area contributed by atoms with Crippen LogP contribution in [0, 0.1) is 0 Å². The summed E-state index contributed by atoms with van der Waals surface area (Å²) in [7, 11) is 0. The predicted molar refractivity (Wildman–Crippen MR) is 81.9 cm³/mol. The van der Waals surface area contributed by atoms with Gasteiger partial charge in [-0.25, -0.2) is 4.98 Å². The number of amides is 1. The van der Waals surface area contributed by atoms with E-state index in [2.05, 4.69) is 9.88 Å². The van der Waals surface area contributed by atoms with Crippen molar-refractivity contribution in [3.63, 3.8) is 0 Å². The number of piperazine rings is 1. The lowest BCUT2D eigenvalue weighted by atomic mass is 10.2. The molecule has 0 saturated carbocycles. The van der Waals surface area contributed by atoms with Crippen LogP contribution in [-0.2, 0) is 4.79 Å². The van der Waals surface area contributed by atoms with Crippen LogP contribution in [0.1, 0.15) is 13.8 Å².